The van der Waals surface area contributed by atoms with Crippen LogP contribution in [-0.4, -0.2) is 58.7 Å². The van der Waals surface area contributed by atoms with Crippen LogP contribution in [0.25, 0.3) is 10.9 Å². The van der Waals surface area contributed by atoms with Gasteiger partial charge in [-0.25, -0.2) is 9.78 Å². The Morgan fingerprint density at radius 3 is 2.76 bits per heavy atom. The number of rotatable bonds is 8. The Kier molecular flexibility index (Phi) is 7.02. The summed E-state index contributed by atoms with van der Waals surface area (Å²) in [4.78, 5) is 44.0. The molecule has 0 unspecified atom stereocenters. The van der Waals surface area contributed by atoms with Crippen molar-refractivity contribution in [1.29, 1.82) is 0 Å². The molecule has 1 aliphatic heterocycles. The molecule has 2 aromatic heterocycles. The van der Waals surface area contributed by atoms with E-state index in [9.17, 15) is 19.5 Å². The van der Waals surface area contributed by atoms with Gasteiger partial charge in [-0.15, -0.1) is 11.3 Å². The number of nitrogens with one attached hydrogen (secondary N) is 3. The number of fused-ring (bicyclic) bond motifs is 1. The van der Waals surface area contributed by atoms with Gasteiger partial charge in [0.05, 0.1) is 0 Å². The molecule has 1 aliphatic rings. The molecule has 0 bridgehead atoms. The van der Waals surface area contributed by atoms with E-state index in [4.69, 9.17) is 10.5 Å². The Balaban J connectivity index is 1.48. The zero-order valence-electron chi connectivity index (χ0n) is 17.8. The van der Waals surface area contributed by atoms with Crippen LogP contribution in [0.15, 0.2) is 23.6 Å². The lowest BCUT2D eigenvalue weighted by atomic mass is 10.0. The Labute approximate surface area is 193 Å². The Morgan fingerprint density at radius 2 is 2.03 bits per heavy atom. The number of aryl methyl sites for hydroxylation is 1. The maximum Gasteiger partial charge on any atom is 0.352 e. The molecular weight excluding hydrogens is 446 g/mol. The third kappa shape index (κ3) is 5.21. The molecular formula is C22H25N5O5S. The van der Waals surface area contributed by atoms with Gasteiger partial charge >= 0.3 is 5.97 Å². The molecule has 0 aliphatic carbocycles. The lowest BCUT2D eigenvalue weighted by molar-refractivity contribution is 0.0683. The molecule has 0 radical (unpaired) electrons. The largest absolute Gasteiger partial charge is 0.477 e. The minimum absolute atomic E-state index is 0.0585. The van der Waals surface area contributed by atoms with Crippen LogP contribution in [0.2, 0.25) is 0 Å². The van der Waals surface area contributed by atoms with Gasteiger partial charge in [0.2, 0.25) is 0 Å². The third-order valence-electron chi connectivity index (χ3n) is 5.53. The van der Waals surface area contributed by atoms with E-state index in [-0.39, 0.29) is 23.3 Å². The highest BCUT2D eigenvalue weighted by Crippen LogP contribution is 2.26. The van der Waals surface area contributed by atoms with Crippen molar-refractivity contribution in [3.8, 4) is 0 Å². The number of carbonyl (C=O) groups excluding carboxylic acids is 2. The fourth-order valence-corrected chi connectivity index (χ4v) is 4.50. The van der Waals surface area contributed by atoms with Crippen molar-refractivity contribution < 1.29 is 24.2 Å². The van der Waals surface area contributed by atoms with Crippen LogP contribution in [0.1, 0.15) is 56.2 Å². The van der Waals surface area contributed by atoms with Crippen molar-refractivity contribution in [1.82, 2.24) is 15.3 Å². The van der Waals surface area contributed by atoms with Gasteiger partial charge in [-0.2, -0.15) is 0 Å². The number of nitrogens with two attached hydrogens (primary N) is 1. The van der Waals surface area contributed by atoms with Gasteiger partial charge in [0.15, 0.2) is 5.13 Å². The maximum atomic E-state index is 12.8. The van der Waals surface area contributed by atoms with Gasteiger partial charge < -0.3 is 25.9 Å². The number of aromatic amines is 1. The summed E-state index contributed by atoms with van der Waals surface area (Å²) in [5.74, 6) is -1.73. The second-order valence-electron chi connectivity index (χ2n) is 7.79. The molecule has 0 atom stereocenters. The van der Waals surface area contributed by atoms with Crippen LogP contribution in [0.3, 0.4) is 0 Å². The zero-order valence-corrected chi connectivity index (χ0v) is 18.7. The number of H-pyrrole nitrogens is 1. The first-order chi connectivity index (χ1) is 16.0. The van der Waals surface area contributed by atoms with Gasteiger partial charge in [0.25, 0.3) is 11.8 Å². The van der Waals surface area contributed by atoms with Crippen molar-refractivity contribution in [3.63, 3.8) is 0 Å². The molecule has 11 heteroatoms. The maximum absolute atomic E-state index is 12.8. The van der Waals surface area contributed by atoms with Crippen molar-refractivity contribution in [2.75, 3.05) is 25.1 Å². The van der Waals surface area contributed by atoms with Crippen molar-refractivity contribution in [2.24, 2.45) is 5.73 Å². The van der Waals surface area contributed by atoms with E-state index in [1.807, 2.05) is 0 Å². The Hall–Kier alpha value is -3.28. The second kappa shape index (κ2) is 10.1. The monoisotopic (exact) mass is 471 g/mol. The lowest BCUT2D eigenvalue weighted by Crippen LogP contribution is -2.39. The van der Waals surface area contributed by atoms with Gasteiger partial charge in [0, 0.05) is 41.1 Å². The minimum Gasteiger partial charge on any atom is -0.477 e. The highest BCUT2D eigenvalue weighted by Gasteiger charge is 2.21. The SMILES string of the molecule is NCCCc1c(C(=O)O)[nH]c2ccc(C(=O)Nc3nc(C(=O)NC4CCOCC4)cs3)cc12. The third-order valence-corrected chi connectivity index (χ3v) is 6.28. The summed E-state index contributed by atoms with van der Waals surface area (Å²) in [5, 5.41) is 17.7. The van der Waals surface area contributed by atoms with Gasteiger partial charge in [0.1, 0.15) is 11.4 Å². The number of aromatic nitrogens is 2. The second-order valence-corrected chi connectivity index (χ2v) is 8.65. The van der Waals surface area contributed by atoms with E-state index >= 15 is 0 Å². The average Bonchev–Trinajstić information content (AvgIpc) is 3.42. The predicted octanol–water partition coefficient (Wildman–Crippen LogP) is 2.38. The molecule has 3 aromatic rings. The van der Waals surface area contributed by atoms with E-state index in [2.05, 4.69) is 20.6 Å². The van der Waals surface area contributed by atoms with E-state index in [0.29, 0.717) is 59.8 Å². The molecule has 1 saturated heterocycles. The van der Waals surface area contributed by atoms with Gasteiger partial charge in [-0.1, -0.05) is 0 Å². The lowest BCUT2D eigenvalue weighted by Gasteiger charge is -2.22. The normalized spacial score (nSPS) is 14.3. The fraction of sp³-hybridized carbons (Fsp3) is 0.364. The molecule has 33 heavy (non-hydrogen) atoms. The summed E-state index contributed by atoms with van der Waals surface area (Å²) in [6, 6.07) is 5.00. The standard InChI is InChI=1S/C22H25N5O5S/c23-7-1-2-14-15-10-12(3-4-16(15)25-18(14)21(30)31)19(28)27-22-26-17(11-33-22)20(29)24-13-5-8-32-9-6-13/h3-4,10-11,13,25H,1-2,5-9,23H2,(H,24,29)(H,30,31)(H,26,27,28). The van der Waals surface area contributed by atoms with Gasteiger partial charge in [-0.3, -0.25) is 14.9 Å². The Morgan fingerprint density at radius 1 is 1.24 bits per heavy atom. The van der Waals surface area contributed by atoms with E-state index in [1.165, 1.54) is 0 Å². The topological polar surface area (TPSA) is 159 Å². The zero-order chi connectivity index (χ0) is 23.4. The number of aromatic carboxylic acids is 1. The summed E-state index contributed by atoms with van der Waals surface area (Å²) in [6.45, 7) is 1.67. The van der Waals surface area contributed by atoms with Crippen molar-refractivity contribution in [2.45, 2.75) is 31.7 Å². The first kappa shape index (κ1) is 22.9. The van der Waals surface area contributed by atoms with Crippen molar-refractivity contribution >= 4 is 45.2 Å². The molecule has 174 valence electrons. The minimum atomic E-state index is -1.06. The molecule has 10 nitrogen and oxygen atoms in total. The van der Waals surface area contributed by atoms with Crippen LogP contribution >= 0.6 is 11.3 Å². The van der Waals surface area contributed by atoms with Crippen LogP contribution in [0.5, 0.6) is 0 Å². The number of carboxylic acid groups (broad SMARTS) is 1. The van der Waals surface area contributed by atoms with Crippen LogP contribution in [-0.2, 0) is 11.2 Å². The predicted molar refractivity (Wildman–Crippen MR) is 124 cm³/mol. The van der Waals surface area contributed by atoms with E-state index in [0.717, 1.165) is 24.2 Å². The summed E-state index contributed by atoms with van der Waals surface area (Å²) in [6.07, 6.45) is 2.64. The number of nitrogens with zero attached hydrogens (tertiary/aromatic N) is 1. The number of benzene rings is 1. The number of hydrogen-bond acceptors (Lipinski definition) is 7. The molecule has 2 amide bonds. The van der Waals surface area contributed by atoms with Crippen LogP contribution in [0.4, 0.5) is 5.13 Å². The van der Waals surface area contributed by atoms with Crippen LogP contribution in [0, 0.1) is 0 Å². The van der Waals surface area contributed by atoms with Crippen molar-refractivity contribution in [3.05, 3.63) is 46.1 Å². The van der Waals surface area contributed by atoms with E-state index < -0.39 is 11.9 Å². The quantitative estimate of drug-likeness (QED) is 0.337. The summed E-state index contributed by atoms with van der Waals surface area (Å²) >= 11 is 1.16. The highest BCUT2D eigenvalue weighted by atomic mass is 32.1. The number of ether oxygens (including phenoxy) is 1. The van der Waals surface area contributed by atoms with Gasteiger partial charge in [-0.05, 0) is 56.0 Å². The number of amides is 2. The average molecular weight is 472 g/mol. The number of carboxylic acids is 1. The molecule has 3 heterocycles. The smallest absolute Gasteiger partial charge is 0.352 e. The fourth-order valence-electron chi connectivity index (χ4n) is 3.82. The summed E-state index contributed by atoms with van der Waals surface area (Å²) in [5.41, 5.74) is 7.57. The first-order valence-corrected chi connectivity index (χ1v) is 11.6. The summed E-state index contributed by atoms with van der Waals surface area (Å²) in [7, 11) is 0. The number of thiazole rings is 1. The number of hydrogen-bond donors (Lipinski definition) is 5. The first-order valence-electron chi connectivity index (χ1n) is 10.7. The highest BCUT2D eigenvalue weighted by molar-refractivity contribution is 7.14. The number of carbonyl (C=O) groups is 3. The number of anilines is 1. The summed E-state index contributed by atoms with van der Waals surface area (Å²) < 4.78 is 5.29. The molecule has 0 spiro atoms. The Bertz CT molecular complexity index is 1180. The molecule has 6 N–H and O–H groups in total. The van der Waals surface area contributed by atoms with E-state index in [1.54, 1.807) is 23.6 Å². The molecule has 4 rings (SSSR count). The van der Waals surface area contributed by atoms with Crippen LogP contribution < -0.4 is 16.4 Å². The molecule has 1 fully saturated rings. The molecule has 1 aromatic carbocycles. The molecule has 0 saturated carbocycles.